The second kappa shape index (κ2) is 3.08. The summed E-state index contributed by atoms with van der Waals surface area (Å²) in [4.78, 5) is 12.3. The molecule has 1 aliphatic carbocycles. The van der Waals surface area contributed by atoms with Crippen LogP contribution in [0.4, 0.5) is 5.69 Å². The number of hydrogen-bond acceptors (Lipinski definition) is 2. The lowest BCUT2D eigenvalue weighted by Crippen LogP contribution is -2.47. The minimum atomic E-state index is -0.0756. The first kappa shape index (κ1) is 9.40. The highest BCUT2D eigenvalue weighted by Gasteiger charge is 2.46. The first-order chi connectivity index (χ1) is 7.21. The zero-order valence-corrected chi connectivity index (χ0v) is 9.93. The maximum atomic E-state index is 12.3. The molecule has 1 aromatic carbocycles. The third kappa shape index (κ3) is 1.26. The van der Waals surface area contributed by atoms with Gasteiger partial charge in [-0.05, 0) is 31.0 Å². The Balaban J connectivity index is 2.08. The van der Waals surface area contributed by atoms with Crippen LogP contribution in [-0.2, 0) is 0 Å². The van der Waals surface area contributed by atoms with Gasteiger partial charge in [0.1, 0.15) is 0 Å². The van der Waals surface area contributed by atoms with Crippen LogP contribution in [-0.4, -0.2) is 12.3 Å². The third-order valence-corrected chi connectivity index (χ3v) is 4.13. The lowest BCUT2D eigenvalue weighted by Gasteiger charge is -2.44. The summed E-state index contributed by atoms with van der Waals surface area (Å²) in [7, 11) is 0. The molecule has 0 atom stereocenters. The number of halogens is 1. The lowest BCUT2D eigenvalue weighted by molar-refractivity contribution is 0.0636. The van der Waals surface area contributed by atoms with Gasteiger partial charge in [-0.15, -0.1) is 0 Å². The number of nitrogens with one attached hydrogen (secondary N) is 1. The van der Waals surface area contributed by atoms with Crippen LogP contribution in [0, 0.1) is 5.41 Å². The maximum absolute atomic E-state index is 12.3. The summed E-state index contributed by atoms with van der Waals surface area (Å²) in [5.74, 6) is 0.337. The molecule has 0 aromatic heterocycles. The van der Waals surface area contributed by atoms with E-state index < -0.39 is 0 Å². The first-order valence-electron chi connectivity index (χ1n) is 5.30. The summed E-state index contributed by atoms with van der Waals surface area (Å²) in [6.07, 6.45) is 3.28. The van der Waals surface area contributed by atoms with Gasteiger partial charge in [0.05, 0.1) is 5.41 Å². The van der Waals surface area contributed by atoms with Crippen LogP contribution >= 0.6 is 15.9 Å². The molecule has 0 amide bonds. The van der Waals surface area contributed by atoms with Gasteiger partial charge in [0, 0.05) is 22.3 Å². The number of anilines is 1. The highest BCUT2D eigenvalue weighted by molar-refractivity contribution is 9.10. The van der Waals surface area contributed by atoms with Crippen molar-refractivity contribution in [1.29, 1.82) is 0 Å². The van der Waals surface area contributed by atoms with E-state index in [0.717, 1.165) is 35.1 Å². The normalized spacial score (nSPS) is 21.8. The van der Waals surface area contributed by atoms with Crippen molar-refractivity contribution < 1.29 is 4.79 Å². The SMILES string of the molecule is O=C1c2cc(Br)ccc2NCC12CCC2. The number of rotatable bonds is 0. The van der Waals surface area contributed by atoms with Gasteiger partial charge in [0.25, 0.3) is 0 Å². The van der Waals surface area contributed by atoms with Crippen molar-refractivity contribution in [3.63, 3.8) is 0 Å². The number of carbonyl (C=O) groups excluding carboxylic acids is 1. The van der Waals surface area contributed by atoms with E-state index in [2.05, 4.69) is 21.2 Å². The maximum Gasteiger partial charge on any atom is 0.172 e. The van der Waals surface area contributed by atoms with E-state index in [-0.39, 0.29) is 5.41 Å². The molecule has 0 radical (unpaired) electrons. The topological polar surface area (TPSA) is 29.1 Å². The standard InChI is InChI=1S/C12H12BrNO/c13-8-2-3-10-9(6-8)11(15)12(7-14-10)4-1-5-12/h2-3,6,14H,1,4-5,7H2. The molecule has 1 heterocycles. The second-order valence-electron chi connectivity index (χ2n) is 4.51. The number of hydrogen-bond donors (Lipinski definition) is 1. The Morgan fingerprint density at radius 1 is 1.33 bits per heavy atom. The molecule has 2 nitrogen and oxygen atoms in total. The Hall–Kier alpha value is -0.830. The summed E-state index contributed by atoms with van der Waals surface area (Å²) >= 11 is 3.42. The van der Waals surface area contributed by atoms with Crippen LogP contribution in [0.2, 0.25) is 0 Å². The molecule has 2 aliphatic rings. The molecule has 0 saturated heterocycles. The highest BCUT2D eigenvalue weighted by Crippen LogP contribution is 2.47. The number of ketones is 1. The molecule has 1 aliphatic heterocycles. The van der Waals surface area contributed by atoms with E-state index in [1.165, 1.54) is 6.42 Å². The van der Waals surface area contributed by atoms with Crippen LogP contribution < -0.4 is 5.32 Å². The number of carbonyl (C=O) groups is 1. The predicted octanol–water partition coefficient (Wildman–Crippen LogP) is 3.23. The number of Topliss-reactive ketones (excluding diaryl/α,β-unsaturated/α-hetero) is 1. The van der Waals surface area contributed by atoms with Gasteiger partial charge in [-0.25, -0.2) is 0 Å². The lowest BCUT2D eigenvalue weighted by atomic mass is 9.63. The smallest absolute Gasteiger partial charge is 0.172 e. The molecule has 1 aromatic rings. The summed E-state index contributed by atoms with van der Waals surface area (Å²) in [5.41, 5.74) is 1.77. The van der Waals surface area contributed by atoms with Crippen LogP contribution in [0.25, 0.3) is 0 Å². The summed E-state index contributed by atoms with van der Waals surface area (Å²) in [6, 6.07) is 5.88. The van der Waals surface area contributed by atoms with Crippen LogP contribution in [0.3, 0.4) is 0 Å². The summed E-state index contributed by atoms with van der Waals surface area (Å²) < 4.78 is 0.979. The van der Waals surface area contributed by atoms with Crippen LogP contribution in [0.5, 0.6) is 0 Å². The number of fused-ring (bicyclic) bond motifs is 1. The molecular formula is C12H12BrNO. The predicted molar refractivity (Wildman–Crippen MR) is 63.2 cm³/mol. The van der Waals surface area contributed by atoms with Crippen molar-refractivity contribution >= 4 is 27.4 Å². The van der Waals surface area contributed by atoms with Gasteiger partial charge in [-0.2, -0.15) is 0 Å². The van der Waals surface area contributed by atoms with E-state index in [9.17, 15) is 4.79 Å². The molecule has 78 valence electrons. The van der Waals surface area contributed by atoms with Gasteiger partial charge < -0.3 is 5.32 Å². The monoisotopic (exact) mass is 265 g/mol. The van der Waals surface area contributed by atoms with Crippen molar-refractivity contribution in [3.05, 3.63) is 28.2 Å². The van der Waals surface area contributed by atoms with Crippen molar-refractivity contribution in [1.82, 2.24) is 0 Å². The Labute approximate surface area is 97.2 Å². The number of benzene rings is 1. The van der Waals surface area contributed by atoms with Crippen molar-refractivity contribution in [2.45, 2.75) is 19.3 Å². The zero-order chi connectivity index (χ0) is 10.5. The van der Waals surface area contributed by atoms with Gasteiger partial charge >= 0.3 is 0 Å². The van der Waals surface area contributed by atoms with Gasteiger partial charge in [-0.1, -0.05) is 22.4 Å². The Morgan fingerprint density at radius 2 is 2.13 bits per heavy atom. The molecule has 3 rings (SSSR count). The summed E-state index contributed by atoms with van der Waals surface area (Å²) in [5, 5.41) is 3.37. The molecule has 15 heavy (non-hydrogen) atoms. The molecule has 1 spiro atoms. The fourth-order valence-electron chi connectivity index (χ4n) is 2.50. The van der Waals surface area contributed by atoms with E-state index in [4.69, 9.17) is 0 Å². The quantitative estimate of drug-likeness (QED) is 0.781. The minimum absolute atomic E-state index is 0.0756. The average molecular weight is 266 g/mol. The van der Waals surface area contributed by atoms with Crippen molar-refractivity contribution in [2.75, 3.05) is 11.9 Å². The van der Waals surface area contributed by atoms with Gasteiger partial charge in [-0.3, -0.25) is 4.79 Å². The second-order valence-corrected chi connectivity index (χ2v) is 5.42. The fraction of sp³-hybridized carbons (Fsp3) is 0.417. The first-order valence-corrected chi connectivity index (χ1v) is 6.09. The van der Waals surface area contributed by atoms with Crippen LogP contribution in [0.15, 0.2) is 22.7 Å². The molecular weight excluding hydrogens is 254 g/mol. The Morgan fingerprint density at radius 3 is 2.80 bits per heavy atom. The zero-order valence-electron chi connectivity index (χ0n) is 8.35. The summed E-state index contributed by atoms with van der Waals surface area (Å²) in [6.45, 7) is 0.820. The molecule has 1 saturated carbocycles. The molecule has 1 N–H and O–H groups in total. The molecule has 0 unspecified atom stereocenters. The minimum Gasteiger partial charge on any atom is -0.383 e. The van der Waals surface area contributed by atoms with E-state index in [1.807, 2.05) is 18.2 Å². The molecule has 3 heteroatoms. The molecule has 0 bridgehead atoms. The third-order valence-electron chi connectivity index (χ3n) is 3.64. The highest BCUT2D eigenvalue weighted by atomic mass is 79.9. The Kier molecular flexibility index (Phi) is 1.93. The molecule has 1 fully saturated rings. The largest absolute Gasteiger partial charge is 0.383 e. The van der Waals surface area contributed by atoms with E-state index in [0.29, 0.717) is 5.78 Å². The Bertz CT molecular complexity index is 437. The van der Waals surface area contributed by atoms with E-state index in [1.54, 1.807) is 0 Å². The van der Waals surface area contributed by atoms with Crippen LogP contribution in [0.1, 0.15) is 29.6 Å². The van der Waals surface area contributed by atoms with Crippen molar-refractivity contribution in [2.24, 2.45) is 5.41 Å². The average Bonchev–Trinajstić information content (AvgIpc) is 2.17. The van der Waals surface area contributed by atoms with Gasteiger partial charge in [0.2, 0.25) is 0 Å². The van der Waals surface area contributed by atoms with Gasteiger partial charge in [0.15, 0.2) is 5.78 Å². The van der Waals surface area contributed by atoms with E-state index >= 15 is 0 Å². The van der Waals surface area contributed by atoms with Crippen molar-refractivity contribution in [3.8, 4) is 0 Å². The fourth-order valence-corrected chi connectivity index (χ4v) is 2.86.